The zero-order valence-corrected chi connectivity index (χ0v) is 15.9. The molecule has 1 amide bonds. The summed E-state index contributed by atoms with van der Waals surface area (Å²) in [6.45, 7) is 5.20. The van der Waals surface area contributed by atoms with E-state index in [9.17, 15) is 32.9 Å². The molecule has 0 aliphatic carbocycles. The Bertz CT molecular complexity index is 701. The molecule has 0 heterocycles. The van der Waals surface area contributed by atoms with E-state index in [1.807, 2.05) is 0 Å². The maximum atomic E-state index is 12.8. The van der Waals surface area contributed by atoms with Crippen molar-refractivity contribution in [2.45, 2.75) is 51.4 Å². The predicted octanol–water partition coefficient (Wildman–Crippen LogP) is 3.07. The topological polar surface area (TPSA) is 98.5 Å². The summed E-state index contributed by atoms with van der Waals surface area (Å²) in [7, 11) is 0. The Morgan fingerprint density at radius 3 is 2.14 bits per heavy atom. The third-order valence-electron chi connectivity index (χ3n) is 3.96. The summed E-state index contributed by atoms with van der Waals surface area (Å²) in [5, 5.41) is 12.8. The van der Waals surface area contributed by atoms with Crippen LogP contribution in [0.4, 0.5) is 13.2 Å². The molecule has 1 unspecified atom stereocenters. The molecule has 0 fully saturated rings. The van der Waals surface area contributed by atoms with E-state index in [2.05, 4.69) is 0 Å². The molecule has 0 saturated heterocycles. The van der Waals surface area contributed by atoms with Crippen LogP contribution in [-0.2, 0) is 14.3 Å². The van der Waals surface area contributed by atoms with Crippen molar-refractivity contribution in [2.75, 3.05) is 6.54 Å². The van der Waals surface area contributed by atoms with Gasteiger partial charge in [-0.2, -0.15) is 13.2 Å². The molecule has 10 heteroatoms. The number of carbonyl (C=O) groups excluding carboxylic acids is 2. The SMILES string of the molecule is CC(c1ccccc1)[C@H](C[N+](=O)[O-])[C@H](NC(=O)C(F)(F)F)C(=O)OC(C)(C)C. The number of ether oxygens (including phenoxy) is 1. The number of halogens is 3. The molecular formula is C18H23F3N2O5. The monoisotopic (exact) mass is 404 g/mol. The highest BCUT2D eigenvalue weighted by Crippen LogP contribution is 2.29. The van der Waals surface area contributed by atoms with E-state index in [1.54, 1.807) is 42.6 Å². The smallest absolute Gasteiger partial charge is 0.458 e. The quantitative estimate of drug-likeness (QED) is 0.428. The molecule has 3 atom stereocenters. The number of rotatable bonds is 7. The first-order chi connectivity index (χ1) is 12.7. The zero-order chi connectivity index (χ0) is 21.7. The predicted molar refractivity (Wildman–Crippen MR) is 94.0 cm³/mol. The number of nitrogens with one attached hydrogen (secondary N) is 1. The molecule has 1 N–H and O–H groups in total. The largest absolute Gasteiger partial charge is 0.471 e. The molecule has 0 saturated carbocycles. The lowest BCUT2D eigenvalue weighted by atomic mass is 9.82. The summed E-state index contributed by atoms with van der Waals surface area (Å²) in [6.07, 6.45) is -5.25. The minimum atomic E-state index is -5.25. The van der Waals surface area contributed by atoms with Gasteiger partial charge in [-0.05, 0) is 32.3 Å². The van der Waals surface area contributed by atoms with E-state index in [-0.39, 0.29) is 0 Å². The van der Waals surface area contributed by atoms with Crippen molar-refractivity contribution >= 4 is 11.9 Å². The van der Waals surface area contributed by atoms with Crippen LogP contribution in [0.25, 0.3) is 0 Å². The van der Waals surface area contributed by atoms with Crippen molar-refractivity contribution in [3.63, 3.8) is 0 Å². The van der Waals surface area contributed by atoms with Gasteiger partial charge >= 0.3 is 18.1 Å². The van der Waals surface area contributed by atoms with Crippen LogP contribution >= 0.6 is 0 Å². The van der Waals surface area contributed by atoms with Crippen LogP contribution in [0.5, 0.6) is 0 Å². The van der Waals surface area contributed by atoms with Gasteiger partial charge < -0.3 is 10.1 Å². The van der Waals surface area contributed by atoms with Gasteiger partial charge in [-0.25, -0.2) is 4.79 Å². The van der Waals surface area contributed by atoms with Crippen molar-refractivity contribution < 1.29 is 32.4 Å². The van der Waals surface area contributed by atoms with Gasteiger partial charge in [0.25, 0.3) is 0 Å². The third-order valence-corrected chi connectivity index (χ3v) is 3.96. The second kappa shape index (κ2) is 9.03. The van der Waals surface area contributed by atoms with Crippen LogP contribution in [-0.4, -0.2) is 41.2 Å². The first-order valence-corrected chi connectivity index (χ1v) is 8.49. The van der Waals surface area contributed by atoms with Crippen molar-refractivity contribution in [3.05, 3.63) is 46.0 Å². The van der Waals surface area contributed by atoms with Gasteiger partial charge in [-0.3, -0.25) is 14.9 Å². The Morgan fingerprint density at radius 2 is 1.71 bits per heavy atom. The number of amides is 1. The van der Waals surface area contributed by atoms with Crippen molar-refractivity contribution in [3.8, 4) is 0 Å². The Morgan fingerprint density at radius 1 is 1.18 bits per heavy atom. The maximum Gasteiger partial charge on any atom is 0.471 e. The molecule has 0 radical (unpaired) electrons. The van der Waals surface area contributed by atoms with Crippen LogP contribution in [0, 0.1) is 16.0 Å². The zero-order valence-electron chi connectivity index (χ0n) is 15.9. The Kier molecular flexibility index (Phi) is 7.54. The normalized spacial score (nSPS) is 15.2. The minimum Gasteiger partial charge on any atom is -0.458 e. The number of carbonyl (C=O) groups is 2. The standard InChI is InChI=1S/C18H23F3N2O5/c1-11(12-8-6-5-7-9-12)13(10-23(26)27)14(15(24)28-17(2,3)4)22-16(25)18(19,20)21/h5-9,11,13-14H,10H2,1-4H3,(H,22,25)/t11?,13-,14-/m0/s1. The molecule has 0 aliphatic rings. The molecule has 1 rings (SSSR count). The molecule has 156 valence electrons. The first-order valence-electron chi connectivity index (χ1n) is 8.49. The van der Waals surface area contributed by atoms with Crippen molar-refractivity contribution in [1.82, 2.24) is 5.32 Å². The fraction of sp³-hybridized carbons (Fsp3) is 0.556. The van der Waals surface area contributed by atoms with E-state index in [0.717, 1.165) is 0 Å². The van der Waals surface area contributed by atoms with Crippen LogP contribution in [0.3, 0.4) is 0 Å². The highest BCUT2D eigenvalue weighted by atomic mass is 19.4. The molecule has 1 aromatic carbocycles. The van der Waals surface area contributed by atoms with Crippen LogP contribution in [0.1, 0.15) is 39.2 Å². The Hall–Kier alpha value is -2.65. The molecule has 0 bridgehead atoms. The highest BCUT2D eigenvalue weighted by molar-refractivity contribution is 5.88. The second-order valence-corrected chi connectivity index (χ2v) is 7.36. The lowest BCUT2D eigenvalue weighted by Gasteiger charge is -2.31. The van der Waals surface area contributed by atoms with Gasteiger partial charge in [-0.1, -0.05) is 37.3 Å². The van der Waals surface area contributed by atoms with E-state index in [1.165, 1.54) is 20.8 Å². The first kappa shape index (κ1) is 23.4. The fourth-order valence-corrected chi connectivity index (χ4v) is 2.66. The molecule has 0 aromatic heterocycles. The summed E-state index contributed by atoms with van der Waals surface area (Å²) < 4.78 is 43.4. The van der Waals surface area contributed by atoms with Crippen LogP contribution < -0.4 is 5.32 Å². The summed E-state index contributed by atoms with van der Waals surface area (Å²) in [5.74, 6) is -5.51. The van der Waals surface area contributed by atoms with Crippen molar-refractivity contribution in [2.24, 2.45) is 5.92 Å². The number of benzene rings is 1. The number of nitro groups is 1. The van der Waals surface area contributed by atoms with Crippen molar-refractivity contribution in [1.29, 1.82) is 0 Å². The molecule has 7 nitrogen and oxygen atoms in total. The second-order valence-electron chi connectivity index (χ2n) is 7.36. The molecule has 0 aliphatic heterocycles. The third kappa shape index (κ3) is 7.16. The number of nitrogens with zero attached hydrogens (tertiary/aromatic N) is 1. The Balaban J connectivity index is 3.33. The van der Waals surface area contributed by atoms with E-state index < -0.39 is 53.0 Å². The molecule has 28 heavy (non-hydrogen) atoms. The maximum absolute atomic E-state index is 12.8. The van der Waals surface area contributed by atoms with E-state index in [4.69, 9.17) is 4.74 Å². The Labute approximate surface area is 160 Å². The number of hydrogen-bond donors (Lipinski definition) is 1. The van der Waals surface area contributed by atoms with Gasteiger partial charge in [0, 0.05) is 4.92 Å². The summed E-state index contributed by atoms with van der Waals surface area (Å²) in [5.41, 5.74) is -0.489. The lowest BCUT2D eigenvalue weighted by molar-refractivity contribution is -0.489. The lowest BCUT2D eigenvalue weighted by Crippen LogP contribution is -2.54. The highest BCUT2D eigenvalue weighted by Gasteiger charge is 2.46. The van der Waals surface area contributed by atoms with Crippen LogP contribution in [0.15, 0.2) is 30.3 Å². The number of hydrogen-bond acceptors (Lipinski definition) is 5. The average Bonchev–Trinajstić information content (AvgIpc) is 2.55. The van der Waals surface area contributed by atoms with Gasteiger partial charge in [-0.15, -0.1) is 0 Å². The fourth-order valence-electron chi connectivity index (χ4n) is 2.66. The van der Waals surface area contributed by atoms with Crippen LogP contribution in [0.2, 0.25) is 0 Å². The minimum absolute atomic E-state index is 0.573. The van der Waals surface area contributed by atoms with Gasteiger partial charge in [0.15, 0.2) is 0 Å². The summed E-state index contributed by atoms with van der Waals surface area (Å²) in [6, 6.07) is 6.44. The van der Waals surface area contributed by atoms with E-state index >= 15 is 0 Å². The van der Waals surface area contributed by atoms with Gasteiger partial charge in [0.1, 0.15) is 11.6 Å². The number of alkyl halides is 3. The summed E-state index contributed by atoms with van der Waals surface area (Å²) >= 11 is 0. The molecular weight excluding hydrogens is 381 g/mol. The molecule has 0 spiro atoms. The van der Waals surface area contributed by atoms with Gasteiger partial charge in [0.05, 0.1) is 5.92 Å². The van der Waals surface area contributed by atoms with Gasteiger partial charge in [0.2, 0.25) is 6.54 Å². The average molecular weight is 404 g/mol. The summed E-state index contributed by atoms with van der Waals surface area (Å²) in [4.78, 5) is 34.5. The molecule has 1 aromatic rings. The van der Waals surface area contributed by atoms with E-state index in [0.29, 0.717) is 5.56 Å². The number of esters is 1.